The first-order chi connectivity index (χ1) is 12.5. The van der Waals surface area contributed by atoms with Gasteiger partial charge in [0.25, 0.3) is 5.22 Å². The Balaban J connectivity index is 1.54. The van der Waals surface area contributed by atoms with E-state index in [1.807, 2.05) is 19.1 Å². The first kappa shape index (κ1) is 18.1. The molecule has 0 fully saturated rings. The Morgan fingerprint density at radius 2 is 2.08 bits per heavy atom. The minimum absolute atomic E-state index is 0.0592. The van der Waals surface area contributed by atoms with Crippen LogP contribution in [0.3, 0.4) is 0 Å². The number of carbonyl (C=O) groups excluding carboxylic acids is 1. The predicted molar refractivity (Wildman–Crippen MR) is 101 cm³/mol. The molecule has 134 valence electrons. The van der Waals surface area contributed by atoms with Gasteiger partial charge in [0.1, 0.15) is 0 Å². The van der Waals surface area contributed by atoms with Crippen molar-refractivity contribution < 1.29 is 9.21 Å². The molecule has 26 heavy (non-hydrogen) atoms. The first-order valence-corrected chi connectivity index (χ1v) is 9.24. The van der Waals surface area contributed by atoms with Crippen LogP contribution in [0.2, 0.25) is 0 Å². The van der Waals surface area contributed by atoms with Crippen LogP contribution in [0.25, 0.3) is 11.5 Å². The number of thioether (sulfide) groups is 1. The molecule has 1 unspecified atom stereocenters. The Kier molecular flexibility index (Phi) is 5.68. The molecule has 3 aromatic rings. The van der Waals surface area contributed by atoms with Gasteiger partial charge in [-0.15, -0.1) is 10.2 Å². The molecular weight excluding hydrogens is 348 g/mol. The van der Waals surface area contributed by atoms with Crippen molar-refractivity contribution in [2.75, 3.05) is 5.75 Å². The van der Waals surface area contributed by atoms with Crippen molar-refractivity contribution in [1.29, 1.82) is 0 Å². The molecular formula is C19H20N4O2S. The van der Waals surface area contributed by atoms with E-state index in [2.05, 4.69) is 46.5 Å². The maximum Gasteiger partial charge on any atom is 0.277 e. The van der Waals surface area contributed by atoms with Gasteiger partial charge in [-0.05, 0) is 49.6 Å². The molecule has 0 spiro atoms. The van der Waals surface area contributed by atoms with Crippen molar-refractivity contribution in [3.63, 3.8) is 0 Å². The third kappa shape index (κ3) is 4.49. The third-order valence-corrected chi connectivity index (χ3v) is 4.87. The van der Waals surface area contributed by atoms with Crippen LogP contribution < -0.4 is 5.32 Å². The standard InChI is InChI=1S/C19H20N4O2S/c1-12-6-7-15(9-13(12)2)14(3)21-17(24)11-26-19-23-22-18(25-19)16-5-4-8-20-10-16/h4-10,14H,11H2,1-3H3,(H,21,24). The Morgan fingerprint density at radius 3 is 2.81 bits per heavy atom. The highest BCUT2D eigenvalue weighted by molar-refractivity contribution is 7.99. The lowest BCUT2D eigenvalue weighted by atomic mass is 10.0. The minimum Gasteiger partial charge on any atom is -0.411 e. The fourth-order valence-electron chi connectivity index (χ4n) is 2.40. The fraction of sp³-hybridized carbons (Fsp3) is 0.263. The summed E-state index contributed by atoms with van der Waals surface area (Å²) in [5.74, 6) is 0.524. The van der Waals surface area contributed by atoms with Crippen LogP contribution in [0.1, 0.15) is 29.7 Å². The molecule has 1 aromatic carbocycles. The summed E-state index contributed by atoms with van der Waals surface area (Å²) in [5.41, 5.74) is 4.29. The summed E-state index contributed by atoms with van der Waals surface area (Å²) < 4.78 is 5.56. The second-order valence-electron chi connectivity index (χ2n) is 6.04. The molecule has 1 atom stereocenters. The summed E-state index contributed by atoms with van der Waals surface area (Å²) in [6, 6.07) is 9.79. The van der Waals surface area contributed by atoms with E-state index >= 15 is 0 Å². The van der Waals surface area contributed by atoms with E-state index in [4.69, 9.17) is 4.42 Å². The number of benzene rings is 1. The molecule has 0 saturated heterocycles. The molecule has 2 aromatic heterocycles. The number of hydrogen-bond donors (Lipinski definition) is 1. The van der Waals surface area contributed by atoms with E-state index < -0.39 is 0 Å². The summed E-state index contributed by atoms with van der Waals surface area (Å²) in [4.78, 5) is 16.2. The molecule has 6 nitrogen and oxygen atoms in total. The number of hydrogen-bond acceptors (Lipinski definition) is 6. The number of amides is 1. The van der Waals surface area contributed by atoms with Crippen molar-refractivity contribution in [3.05, 3.63) is 59.4 Å². The Labute approximate surface area is 156 Å². The van der Waals surface area contributed by atoms with Crippen molar-refractivity contribution in [2.45, 2.75) is 32.0 Å². The number of rotatable bonds is 6. The van der Waals surface area contributed by atoms with Crippen molar-refractivity contribution >= 4 is 17.7 Å². The lowest BCUT2D eigenvalue weighted by Gasteiger charge is -2.15. The highest BCUT2D eigenvalue weighted by Gasteiger charge is 2.14. The lowest BCUT2D eigenvalue weighted by molar-refractivity contribution is -0.119. The van der Waals surface area contributed by atoms with Gasteiger partial charge in [0.15, 0.2) is 0 Å². The molecule has 3 rings (SSSR count). The molecule has 0 aliphatic rings. The summed E-state index contributed by atoms with van der Waals surface area (Å²) in [6.07, 6.45) is 3.33. The maximum atomic E-state index is 12.2. The first-order valence-electron chi connectivity index (χ1n) is 8.26. The van der Waals surface area contributed by atoms with E-state index in [0.717, 1.165) is 11.1 Å². The van der Waals surface area contributed by atoms with Gasteiger partial charge in [-0.25, -0.2) is 0 Å². The SMILES string of the molecule is Cc1ccc(C(C)NC(=O)CSc2nnc(-c3cccnc3)o2)cc1C. The van der Waals surface area contributed by atoms with Gasteiger partial charge in [-0.3, -0.25) is 9.78 Å². The van der Waals surface area contributed by atoms with Crippen molar-refractivity contribution in [2.24, 2.45) is 0 Å². The average Bonchev–Trinajstić information content (AvgIpc) is 3.12. The zero-order valence-electron chi connectivity index (χ0n) is 14.9. The van der Waals surface area contributed by atoms with Crippen LogP contribution in [0.15, 0.2) is 52.4 Å². The molecule has 0 bridgehead atoms. The van der Waals surface area contributed by atoms with Gasteiger partial charge in [0.2, 0.25) is 11.8 Å². The number of nitrogens with one attached hydrogen (secondary N) is 1. The third-order valence-electron chi connectivity index (χ3n) is 4.05. The van der Waals surface area contributed by atoms with E-state index in [1.165, 1.54) is 22.9 Å². The molecule has 1 amide bonds. The second-order valence-corrected chi connectivity index (χ2v) is 6.96. The Bertz CT molecular complexity index is 896. The van der Waals surface area contributed by atoms with E-state index in [-0.39, 0.29) is 17.7 Å². The van der Waals surface area contributed by atoms with Gasteiger partial charge in [0.05, 0.1) is 17.4 Å². The van der Waals surface area contributed by atoms with Gasteiger partial charge in [-0.2, -0.15) is 0 Å². The van der Waals surface area contributed by atoms with Crippen LogP contribution in [0.5, 0.6) is 0 Å². The van der Waals surface area contributed by atoms with Gasteiger partial charge < -0.3 is 9.73 Å². The highest BCUT2D eigenvalue weighted by atomic mass is 32.2. The molecule has 1 N–H and O–H groups in total. The molecule has 7 heteroatoms. The Morgan fingerprint density at radius 1 is 1.23 bits per heavy atom. The zero-order chi connectivity index (χ0) is 18.5. The number of aryl methyl sites for hydroxylation is 2. The van der Waals surface area contributed by atoms with E-state index in [0.29, 0.717) is 11.1 Å². The van der Waals surface area contributed by atoms with Crippen molar-refractivity contribution in [3.8, 4) is 11.5 Å². The fourth-order valence-corrected chi connectivity index (χ4v) is 2.98. The largest absolute Gasteiger partial charge is 0.411 e. The topological polar surface area (TPSA) is 80.9 Å². The normalized spacial score (nSPS) is 12.0. The van der Waals surface area contributed by atoms with Gasteiger partial charge in [-0.1, -0.05) is 30.0 Å². The van der Waals surface area contributed by atoms with Gasteiger partial charge >= 0.3 is 0 Å². The van der Waals surface area contributed by atoms with E-state index in [1.54, 1.807) is 18.5 Å². The van der Waals surface area contributed by atoms with Crippen LogP contribution in [-0.2, 0) is 4.79 Å². The van der Waals surface area contributed by atoms with Crippen LogP contribution >= 0.6 is 11.8 Å². The van der Waals surface area contributed by atoms with Crippen molar-refractivity contribution in [1.82, 2.24) is 20.5 Å². The summed E-state index contributed by atoms with van der Waals surface area (Å²) in [5, 5.41) is 11.3. The number of nitrogens with zero attached hydrogens (tertiary/aromatic N) is 3. The predicted octanol–water partition coefficient (Wildman–Crippen LogP) is 3.72. The summed E-state index contributed by atoms with van der Waals surface area (Å²) in [6.45, 7) is 6.11. The highest BCUT2D eigenvalue weighted by Crippen LogP contribution is 2.22. The molecule has 0 aliphatic carbocycles. The van der Waals surface area contributed by atoms with Crippen LogP contribution in [-0.4, -0.2) is 26.8 Å². The smallest absolute Gasteiger partial charge is 0.277 e. The molecule has 0 saturated carbocycles. The number of carbonyl (C=O) groups is 1. The quantitative estimate of drug-likeness (QED) is 0.668. The van der Waals surface area contributed by atoms with Gasteiger partial charge in [0, 0.05) is 12.4 Å². The number of pyridine rings is 1. The minimum atomic E-state index is -0.0816. The summed E-state index contributed by atoms with van der Waals surface area (Å²) >= 11 is 1.21. The molecule has 0 aliphatic heterocycles. The molecule has 2 heterocycles. The second kappa shape index (κ2) is 8.14. The van der Waals surface area contributed by atoms with E-state index in [9.17, 15) is 4.79 Å². The van der Waals surface area contributed by atoms with Crippen LogP contribution in [0.4, 0.5) is 0 Å². The Hall–Kier alpha value is -2.67. The maximum absolute atomic E-state index is 12.2. The average molecular weight is 368 g/mol. The summed E-state index contributed by atoms with van der Waals surface area (Å²) in [7, 11) is 0. The monoisotopic (exact) mass is 368 g/mol. The number of aromatic nitrogens is 3. The van der Waals surface area contributed by atoms with Crippen LogP contribution in [0, 0.1) is 13.8 Å². The lowest BCUT2D eigenvalue weighted by Crippen LogP contribution is -2.28. The zero-order valence-corrected chi connectivity index (χ0v) is 15.7. The molecule has 0 radical (unpaired) electrons.